The summed E-state index contributed by atoms with van der Waals surface area (Å²) in [5.41, 5.74) is 0.905. The van der Waals surface area contributed by atoms with Crippen LogP contribution < -0.4 is 10.9 Å². The number of hydrogen-bond acceptors (Lipinski definition) is 5. The third-order valence-electron chi connectivity index (χ3n) is 4.03. The van der Waals surface area contributed by atoms with Crippen molar-refractivity contribution in [3.05, 3.63) is 87.5 Å². The zero-order valence-electron chi connectivity index (χ0n) is 13.9. The van der Waals surface area contributed by atoms with Gasteiger partial charge in [-0.25, -0.2) is 4.98 Å². The van der Waals surface area contributed by atoms with Crippen LogP contribution in [0.5, 0.6) is 0 Å². The molecule has 7 nitrogen and oxygen atoms in total. The summed E-state index contributed by atoms with van der Waals surface area (Å²) in [7, 11) is 0. The second-order valence-electron chi connectivity index (χ2n) is 5.83. The van der Waals surface area contributed by atoms with Crippen molar-refractivity contribution in [2.75, 3.05) is 5.32 Å². The van der Waals surface area contributed by atoms with Gasteiger partial charge in [-0.15, -0.1) is 0 Å². The summed E-state index contributed by atoms with van der Waals surface area (Å²) < 4.78 is 6.16. The number of pyridine rings is 2. The minimum absolute atomic E-state index is 0.00698. The molecule has 1 amide bonds. The highest BCUT2D eigenvalue weighted by Gasteiger charge is 2.17. The Kier molecular flexibility index (Phi) is 4.43. The molecule has 0 saturated carbocycles. The van der Waals surface area contributed by atoms with E-state index in [1.54, 1.807) is 30.5 Å². The molecule has 0 aliphatic rings. The largest absolute Gasteiger partial charge is 0.363 e. The summed E-state index contributed by atoms with van der Waals surface area (Å²) >= 11 is 5.93. The smallest absolute Gasteiger partial charge is 0.265 e. The fourth-order valence-corrected chi connectivity index (χ4v) is 2.87. The number of nitrogens with one attached hydrogen (secondary N) is 1. The summed E-state index contributed by atoms with van der Waals surface area (Å²) in [4.78, 5) is 29.9. The Morgan fingerprint density at radius 2 is 2.00 bits per heavy atom. The average molecular weight is 381 g/mol. The van der Waals surface area contributed by atoms with E-state index in [2.05, 4.69) is 15.5 Å². The third-order valence-corrected chi connectivity index (χ3v) is 4.28. The van der Waals surface area contributed by atoms with E-state index in [1.807, 2.05) is 12.1 Å². The van der Waals surface area contributed by atoms with Crippen LogP contribution in [0, 0.1) is 0 Å². The summed E-state index contributed by atoms with van der Waals surface area (Å²) in [6, 6.07) is 13.7. The van der Waals surface area contributed by atoms with Crippen molar-refractivity contribution in [1.29, 1.82) is 0 Å². The maximum Gasteiger partial charge on any atom is 0.265 e. The number of rotatable bonds is 4. The maximum atomic E-state index is 13.0. The lowest BCUT2D eigenvalue weighted by molar-refractivity contribution is 0.102. The summed E-state index contributed by atoms with van der Waals surface area (Å²) in [6.07, 6.45) is 2.94. The first kappa shape index (κ1) is 17.0. The Hall–Kier alpha value is -3.45. The molecule has 0 bridgehead atoms. The van der Waals surface area contributed by atoms with Gasteiger partial charge in [0.2, 0.25) is 0 Å². The van der Waals surface area contributed by atoms with Crippen LogP contribution in [-0.2, 0) is 6.54 Å². The van der Waals surface area contributed by atoms with Gasteiger partial charge < -0.3 is 9.84 Å². The number of carbonyl (C=O) groups is 1. The molecule has 134 valence electrons. The van der Waals surface area contributed by atoms with Crippen LogP contribution in [0.2, 0.25) is 5.02 Å². The molecular formula is C19H13ClN4O3. The molecule has 3 heterocycles. The SMILES string of the molecule is O=C(Nc1ccon1)c1cc2cccnc2n(Cc2ccc(Cl)cc2)c1=O. The van der Waals surface area contributed by atoms with Gasteiger partial charge >= 0.3 is 0 Å². The van der Waals surface area contributed by atoms with Crippen molar-refractivity contribution >= 4 is 34.4 Å². The fraction of sp³-hybridized carbons (Fsp3) is 0.0526. The van der Waals surface area contributed by atoms with Gasteiger partial charge in [-0.1, -0.05) is 28.9 Å². The van der Waals surface area contributed by atoms with Gasteiger partial charge in [0.15, 0.2) is 5.82 Å². The molecule has 0 aliphatic heterocycles. The van der Waals surface area contributed by atoms with Crippen LogP contribution in [-0.4, -0.2) is 20.6 Å². The molecular weight excluding hydrogens is 368 g/mol. The van der Waals surface area contributed by atoms with E-state index in [1.165, 1.54) is 23.0 Å². The minimum Gasteiger partial charge on any atom is -0.363 e. The van der Waals surface area contributed by atoms with E-state index in [9.17, 15) is 9.59 Å². The fourth-order valence-electron chi connectivity index (χ4n) is 2.75. The predicted octanol–water partition coefficient (Wildman–Crippen LogP) is 3.34. The highest BCUT2D eigenvalue weighted by Crippen LogP contribution is 2.15. The lowest BCUT2D eigenvalue weighted by Gasteiger charge is -2.12. The molecule has 1 N–H and O–H groups in total. The van der Waals surface area contributed by atoms with Gasteiger partial charge in [-0.3, -0.25) is 14.2 Å². The number of halogens is 1. The van der Waals surface area contributed by atoms with Gasteiger partial charge in [0.1, 0.15) is 17.5 Å². The highest BCUT2D eigenvalue weighted by atomic mass is 35.5. The lowest BCUT2D eigenvalue weighted by atomic mass is 10.1. The summed E-state index contributed by atoms with van der Waals surface area (Å²) in [5.74, 6) is -0.334. The van der Waals surface area contributed by atoms with Gasteiger partial charge in [0.25, 0.3) is 11.5 Å². The second-order valence-corrected chi connectivity index (χ2v) is 6.27. The molecule has 0 radical (unpaired) electrons. The number of anilines is 1. The first-order valence-corrected chi connectivity index (χ1v) is 8.44. The van der Waals surface area contributed by atoms with Gasteiger partial charge in [-0.05, 0) is 35.9 Å². The van der Waals surface area contributed by atoms with E-state index >= 15 is 0 Å². The topological polar surface area (TPSA) is 90.0 Å². The lowest BCUT2D eigenvalue weighted by Crippen LogP contribution is -2.30. The number of carbonyl (C=O) groups excluding carboxylic acids is 1. The van der Waals surface area contributed by atoms with Crippen molar-refractivity contribution < 1.29 is 9.32 Å². The molecule has 0 fully saturated rings. The molecule has 27 heavy (non-hydrogen) atoms. The molecule has 3 aromatic heterocycles. The third kappa shape index (κ3) is 3.45. The average Bonchev–Trinajstić information content (AvgIpc) is 3.18. The first-order chi connectivity index (χ1) is 13.1. The summed E-state index contributed by atoms with van der Waals surface area (Å²) in [5, 5.41) is 7.46. The quantitative estimate of drug-likeness (QED) is 0.586. The Bertz CT molecular complexity index is 1170. The number of hydrogen-bond donors (Lipinski definition) is 1. The Morgan fingerprint density at radius 1 is 1.19 bits per heavy atom. The second kappa shape index (κ2) is 7.05. The molecule has 8 heteroatoms. The normalized spacial score (nSPS) is 10.9. The Balaban J connectivity index is 1.81. The monoisotopic (exact) mass is 380 g/mol. The van der Waals surface area contributed by atoms with Crippen LogP contribution in [0.4, 0.5) is 5.82 Å². The van der Waals surface area contributed by atoms with Gasteiger partial charge in [0, 0.05) is 22.7 Å². The number of fused-ring (bicyclic) bond motifs is 1. The van der Waals surface area contributed by atoms with E-state index in [0.29, 0.717) is 16.1 Å². The van der Waals surface area contributed by atoms with E-state index in [0.717, 1.165) is 5.56 Å². The van der Waals surface area contributed by atoms with Gasteiger partial charge in [-0.2, -0.15) is 0 Å². The molecule has 1 aromatic carbocycles. The van der Waals surface area contributed by atoms with Crippen molar-refractivity contribution in [3.63, 3.8) is 0 Å². The predicted molar refractivity (Wildman–Crippen MR) is 101 cm³/mol. The standard InChI is InChI=1S/C19H13ClN4O3/c20-14-5-3-12(4-6-14)11-24-17-13(2-1-8-21-17)10-15(19(24)26)18(25)22-16-7-9-27-23-16/h1-10H,11H2,(H,22,23,25). The van der Waals surface area contributed by atoms with Crippen molar-refractivity contribution in [2.24, 2.45) is 0 Å². The van der Waals surface area contributed by atoms with Crippen LogP contribution in [0.25, 0.3) is 11.0 Å². The van der Waals surface area contributed by atoms with Gasteiger partial charge in [0.05, 0.1) is 6.54 Å². The molecule has 4 aromatic rings. The molecule has 4 rings (SSSR count). The zero-order chi connectivity index (χ0) is 18.8. The number of aromatic nitrogens is 3. The van der Waals surface area contributed by atoms with E-state index in [4.69, 9.17) is 16.1 Å². The Labute approximate surface area is 158 Å². The maximum absolute atomic E-state index is 13.0. The number of nitrogens with zero attached hydrogens (tertiary/aromatic N) is 3. The molecule has 0 saturated heterocycles. The van der Waals surface area contributed by atoms with Crippen LogP contribution in [0.3, 0.4) is 0 Å². The van der Waals surface area contributed by atoms with Crippen molar-refractivity contribution in [1.82, 2.24) is 14.7 Å². The van der Waals surface area contributed by atoms with Crippen LogP contribution >= 0.6 is 11.6 Å². The van der Waals surface area contributed by atoms with E-state index < -0.39 is 11.5 Å². The molecule has 0 aliphatic carbocycles. The highest BCUT2D eigenvalue weighted by molar-refractivity contribution is 6.30. The van der Waals surface area contributed by atoms with Crippen LogP contribution in [0.15, 0.2) is 70.3 Å². The number of amides is 1. The summed E-state index contributed by atoms with van der Waals surface area (Å²) in [6.45, 7) is 0.259. The molecule has 0 unspecified atom stereocenters. The first-order valence-electron chi connectivity index (χ1n) is 8.06. The molecule has 0 atom stereocenters. The van der Waals surface area contributed by atoms with E-state index in [-0.39, 0.29) is 17.9 Å². The molecule has 0 spiro atoms. The zero-order valence-corrected chi connectivity index (χ0v) is 14.7. The Morgan fingerprint density at radius 3 is 2.74 bits per heavy atom. The minimum atomic E-state index is -0.565. The number of benzene rings is 1. The van der Waals surface area contributed by atoms with Crippen molar-refractivity contribution in [3.8, 4) is 0 Å². The van der Waals surface area contributed by atoms with Crippen molar-refractivity contribution in [2.45, 2.75) is 6.54 Å². The van der Waals surface area contributed by atoms with Crippen LogP contribution in [0.1, 0.15) is 15.9 Å².